The third-order valence-electron chi connectivity index (χ3n) is 4.00. The molecule has 1 aromatic rings. The Balaban J connectivity index is 1.57. The molecule has 2 atom stereocenters. The zero-order valence-electron chi connectivity index (χ0n) is 11.5. The number of carbonyl (C=O) groups excluding carboxylic acids is 2. The van der Waals surface area contributed by atoms with Crippen LogP contribution in [0.1, 0.15) is 18.4 Å². The standard InChI is InChI=1S/C16H16ClNO2S/c17-12-7-5-11(6-8-12)9-21-10-18-15(19)13-3-1-2-4-14(13)16(18)20/h1-2,5-8,13-14H,3-4,9-10H2/t13-,14+. The highest BCUT2D eigenvalue weighted by Crippen LogP contribution is 2.35. The number of hydrogen-bond donors (Lipinski definition) is 0. The van der Waals surface area contributed by atoms with Crippen molar-refractivity contribution in [3.63, 3.8) is 0 Å². The Hall–Kier alpha value is -1.26. The van der Waals surface area contributed by atoms with Crippen molar-refractivity contribution in [3.05, 3.63) is 47.0 Å². The number of nitrogens with zero attached hydrogens (tertiary/aromatic N) is 1. The summed E-state index contributed by atoms with van der Waals surface area (Å²) in [6.07, 6.45) is 5.43. The van der Waals surface area contributed by atoms with Crippen LogP contribution < -0.4 is 0 Å². The summed E-state index contributed by atoms with van der Waals surface area (Å²) in [7, 11) is 0. The molecule has 0 unspecified atom stereocenters. The molecule has 5 heteroatoms. The maximum Gasteiger partial charge on any atom is 0.234 e. The fraction of sp³-hybridized carbons (Fsp3) is 0.375. The average Bonchev–Trinajstić information content (AvgIpc) is 2.75. The number of fused-ring (bicyclic) bond motifs is 1. The van der Waals surface area contributed by atoms with Gasteiger partial charge in [-0.1, -0.05) is 35.9 Å². The maximum atomic E-state index is 12.3. The first-order valence-corrected chi connectivity index (χ1v) is 8.52. The molecule has 1 aromatic carbocycles. The molecule has 2 amide bonds. The van der Waals surface area contributed by atoms with Crippen LogP contribution in [0.15, 0.2) is 36.4 Å². The Morgan fingerprint density at radius 3 is 2.19 bits per heavy atom. The lowest BCUT2D eigenvalue weighted by Gasteiger charge is -2.14. The predicted molar refractivity (Wildman–Crippen MR) is 84.8 cm³/mol. The van der Waals surface area contributed by atoms with Gasteiger partial charge < -0.3 is 0 Å². The second-order valence-corrected chi connectivity index (χ2v) is 6.76. The van der Waals surface area contributed by atoms with E-state index >= 15 is 0 Å². The molecule has 3 rings (SSSR count). The lowest BCUT2D eigenvalue weighted by atomic mass is 9.85. The minimum absolute atomic E-state index is 0.00189. The Morgan fingerprint density at radius 1 is 1.05 bits per heavy atom. The van der Waals surface area contributed by atoms with Crippen molar-refractivity contribution >= 4 is 35.2 Å². The van der Waals surface area contributed by atoms with Crippen molar-refractivity contribution in [2.24, 2.45) is 11.8 Å². The summed E-state index contributed by atoms with van der Waals surface area (Å²) in [5.74, 6) is 0.947. The summed E-state index contributed by atoms with van der Waals surface area (Å²) in [5.41, 5.74) is 1.14. The van der Waals surface area contributed by atoms with Gasteiger partial charge in [-0.25, -0.2) is 0 Å². The zero-order valence-corrected chi connectivity index (χ0v) is 13.1. The molecule has 1 heterocycles. The molecule has 0 radical (unpaired) electrons. The van der Waals surface area contributed by atoms with Crippen molar-refractivity contribution in [3.8, 4) is 0 Å². The Labute approximate surface area is 133 Å². The number of benzene rings is 1. The van der Waals surface area contributed by atoms with Crippen molar-refractivity contribution in [2.75, 3.05) is 5.88 Å². The molecular weight excluding hydrogens is 306 g/mol. The quantitative estimate of drug-likeness (QED) is 0.629. The molecule has 0 spiro atoms. The number of carbonyl (C=O) groups is 2. The van der Waals surface area contributed by atoms with Crippen LogP contribution in [0.3, 0.4) is 0 Å². The van der Waals surface area contributed by atoms with Gasteiger partial charge in [-0.3, -0.25) is 14.5 Å². The second kappa shape index (κ2) is 6.24. The second-order valence-electron chi connectivity index (χ2n) is 5.36. The van der Waals surface area contributed by atoms with Gasteiger partial charge in [0.25, 0.3) is 0 Å². The summed E-state index contributed by atoms with van der Waals surface area (Å²) in [4.78, 5) is 26.0. The van der Waals surface area contributed by atoms with Crippen LogP contribution in [0, 0.1) is 11.8 Å². The number of imide groups is 1. The first-order chi connectivity index (χ1) is 10.2. The largest absolute Gasteiger partial charge is 0.274 e. The van der Waals surface area contributed by atoms with E-state index in [1.807, 2.05) is 36.4 Å². The van der Waals surface area contributed by atoms with E-state index in [4.69, 9.17) is 11.6 Å². The topological polar surface area (TPSA) is 37.4 Å². The fourth-order valence-electron chi connectivity index (χ4n) is 2.83. The van der Waals surface area contributed by atoms with E-state index in [0.29, 0.717) is 23.7 Å². The number of halogens is 1. The van der Waals surface area contributed by atoms with Gasteiger partial charge in [0.2, 0.25) is 11.8 Å². The number of amides is 2. The van der Waals surface area contributed by atoms with Crippen LogP contribution in [-0.2, 0) is 15.3 Å². The van der Waals surface area contributed by atoms with E-state index in [9.17, 15) is 9.59 Å². The Kier molecular flexibility index (Phi) is 4.36. The van der Waals surface area contributed by atoms with Gasteiger partial charge >= 0.3 is 0 Å². The van der Waals surface area contributed by atoms with E-state index in [-0.39, 0.29) is 23.7 Å². The molecule has 1 fully saturated rings. The third-order valence-corrected chi connectivity index (χ3v) is 5.23. The molecule has 21 heavy (non-hydrogen) atoms. The van der Waals surface area contributed by atoms with Crippen LogP contribution >= 0.6 is 23.4 Å². The van der Waals surface area contributed by atoms with Crippen LogP contribution in [0.25, 0.3) is 0 Å². The van der Waals surface area contributed by atoms with Gasteiger partial charge in [-0.15, -0.1) is 11.8 Å². The van der Waals surface area contributed by atoms with Gasteiger partial charge in [0, 0.05) is 10.8 Å². The number of hydrogen-bond acceptors (Lipinski definition) is 3. The van der Waals surface area contributed by atoms with E-state index in [0.717, 1.165) is 11.3 Å². The van der Waals surface area contributed by atoms with E-state index < -0.39 is 0 Å². The highest BCUT2D eigenvalue weighted by Gasteiger charge is 2.46. The molecule has 1 saturated heterocycles. The Morgan fingerprint density at radius 2 is 1.62 bits per heavy atom. The van der Waals surface area contributed by atoms with Gasteiger partial charge in [-0.05, 0) is 30.5 Å². The summed E-state index contributed by atoms with van der Waals surface area (Å²) < 4.78 is 0. The van der Waals surface area contributed by atoms with Gasteiger partial charge in [-0.2, -0.15) is 0 Å². The molecule has 1 aliphatic carbocycles. The average molecular weight is 322 g/mol. The predicted octanol–water partition coefficient (Wildman–Crippen LogP) is 3.48. The van der Waals surface area contributed by atoms with Crippen LogP contribution in [0.4, 0.5) is 0 Å². The van der Waals surface area contributed by atoms with E-state index in [1.54, 1.807) is 11.8 Å². The number of allylic oxidation sites excluding steroid dienone is 2. The zero-order chi connectivity index (χ0) is 14.8. The van der Waals surface area contributed by atoms with Crippen molar-refractivity contribution in [1.29, 1.82) is 0 Å². The van der Waals surface area contributed by atoms with Gasteiger partial charge in [0.05, 0.1) is 17.7 Å². The summed E-state index contributed by atoms with van der Waals surface area (Å²) in [5, 5.41) is 0.713. The smallest absolute Gasteiger partial charge is 0.234 e. The van der Waals surface area contributed by atoms with Crippen molar-refractivity contribution < 1.29 is 9.59 Å². The van der Waals surface area contributed by atoms with E-state index in [2.05, 4.69) is 0 Å². The normalized spacial score (nSPS) is 24.5. The fourth-order valence-corrected chi connectivity index (χ4v) is 3.91. The van der Waals surface area contributed by atoms with Crippen molar-refractivity contribution in [1.82, 2.24) is 4.90 Å². The molecule has 0 saturated carbocycles. The SMILES string of the molecule is O=C1[C@H]2CC=CC[C@H]2C(=O)N1CSCc1ccc(Cl)cc1. The van der Waals surface area contributed by atoms with Crippen LogP contribution in [0.5, 0.6) is 0 Å². The molecule has 0 bridgehead atoms. The summed E-state index contributed by atoms with van der Waals surface area (Å²) >= 11 is 7.43. The lowest BCUT2D eigenvalue weighted by molar-refractivity contribution is -0.138. The molecular formula is C16H16ClNO2S. The highest BCUT2D eigenvalue weighted by molar-refractivity contribution is 7.98. The number of thioether (sulfide) groups is 1. The molecule has 0 aromatic heterocycles. The van der Waals surface area contributed by atoms with Gasteiger partial charge in [0.15, 0.2) is 0 Å². The lowest BCUT2D eigenvalue weighted by Crippen LogP contribution is -2.30. The monoisotopic (exact) mass is 321 g/mol. The highest BCUT2D eigenvalue weighted by atomic mass is 35.5. The molecule has 3 nitrogen and oxygen atoms in total. The summed E-state index contributed by atoms with van der Waals surface area (Å²) in [6, 6.07) is 7.63. The number of likely N-dealkylation sites (tertiary alicyclic amines) is 1. The molecule has 2 aliphatic rings. The summed E-state index contributed by atoms with van der Waals surface area (Å²) in [6.45, 7) is 0. The first kappa shape index (κ1) is 14.7. The molecule has 110 valence electrons. The first-order valence-electron chi connectivity index (χ1n) is 6.99. The molecule has 1 aliphatic heterocycles. The van der Waals surface area contributed by atoms with Gasteiger partial charge in [0.1, 0.15) is 0 Å². The number of rotatable bonds is 4. The minimum Gasteiger partial charge on any atom is -0.274 e. The molecule has 0 N–H and O–H groups in total. The Bertz CT molecular complexity index is 558. The van der Waals surface area contributed by atoms with Crippen molar-refractivity contribution in [2.45, 2.75) is 18.6 Å². The van der Waals surface area contributed by atoms with Crippen LogP contribution in [0.2, 0.25) is 5.02 Å². The minimum atomic E-state index is -0.126. The maximum absolute atomic E-state index is 12.3. The third kappa shape index (κ3) is 3.01. The van der Waals surface area contributed by atoms with E-state index in [1.165, 1.54) is 4.90 Å². The van der Waals surface area contributed by atoms with Crippen LogP contribution in [-0.4, -0.2) is 22.6 Å².